The van der Waals surface area contributed by atoms with E-state index in [1.54, 1.807) is 0 Å². The Balaban J connectivity index is 1.84. The fraction of sp³-hybridized carbons (Fsp3) is 0.750. The van der Waals surface area contributed by atoms with Crippen LogP contribution in [0.2, 0.25) is 0 Å². The highest BCUT2D eigenvalue weighted by Gasteiger charge is 2.23. The molecular formula is C12H22N6OS. The van der Waals surface area contributed by atoms with E-state index >= 15 is 0 Å². The molecule has 2 rings (SSSR count). The number of piperazine rings is 1. The first-order valence-corrected chi connectivity index (χ1v) is 7.66. The van der Waals surface area contributed by atoms with Crippen molar-refractivity contribution in [2.75, 3.05) is 52.1 Å². The van der Waals surface area contributed by atoms with Gasteiger partial charge in [-0.3, -0.25) is 9.69 Å². The molecule has 1 aliphatic rings. The Morgan fingerprint density at radius 3 is 2.95 bits per heavy atom. The van der Waals surface area contributed by atoms with Gasteiger partial charge >= 0.3 is 0 Å². The van der Waals surface area contributed by atoms with Crippen molar-refractivity contribution in [1.82, 2.24) is 25.3 Å². The minimum atomic E-state index is -0.145. The van der Waals surface area contributed by atoms with Crippen molar-refractivity contribution in [2.45, 2.75) is 13.0 Å². The summed E-state index contributed by atoms with van der Waals surface area (Å²) in [7, 11) is 4.20. The van der Waals surface area contributed by atoms with Crippen molar-refractivity contribution < 1.29 is 4.79 Å². The first-order valence-electron chi connectivity index (χ1n) is 6.84. The van der Waals surface area contributed by atoms with Gasteiger partial charge in [0.05, 0.1) is 0 Å². The number of aromatic nitrogens is 2. The molecule has 1 aliphatic heterocycles. The normalized spacial score (nSPS) is 20.9. The van der Waals surface area contributed by atoms with Gasteiger partial charge in [-0.1, -0.05) is 11.3 Å². The first-order chi connectivity index (χ1) is 9.60. The second-order valence-corrected chi connectivity index (χ2v) is 6.03. The fourth-order valence-electron chi connectivity index (χ4n) is 2.15. The second-order valence-electron chi connectivity index (χ2n) is 5.05. The largest absolute Gasteiger partial charge is 0.360 e. The molecule has 0 spiro atoms. The summed E-state index contributed by atoms with van der Waals surface area (Å²) in [6.45, 7) is 6.46. The Morgan fingerprint density at radius 2 is 2.20 bits per heavy atom. The molecule has 2 N–H and O–H groups in total. The van der Waals surface area contributed by atoms with Crippen LogP contribution in [0, 0.1) is 0 Å². The lowest BCUT2D eigenvalue weighted by atomic mass is 10.2. The van der Waals surface area contributed by atoms with Crippen LogP contribution >= 0.6 is 11.3 Å². The molecule has 0 saturated carbocycles. The number of hydrogen-bond donors (Lipinski definition) is 2. The molecule has 0 aliphatic carbocycles. The molecule has 1 aromatic rings. The molecule has 2 heterocycles. The molecule has 7 nitrogen and oxygen atoms in total. The van der Waals surface area contributed by atoms with E-state index in [2.05, 4.69) is 44.7 Å². The number of carbonyl (C=O) groups excluding carboxylic acids is 1. The smallest absolute Gasteiger partial charge is 0.282 e. The lowest BCUT2D eigenvalue weighted by molar-refractivity contribution is 0.0880. The standard InChI is InChI=1S/C12H22N6OS/c1-4-13-12-16-15-11(20-12)10(19)14-7-9-8-17(2)5-6-18(9)3/h9H,4-8H2,1-3H3,(H,13,16)(H,14,19). The highest BCUT2D eigenvalue weighted by atomic mass is 32.1. The van der Waals surface area contributed by atoms with E-state index in [9.17, 15) is 4.79 Å². The van der Waals surface area contributed by atoms with Gasteiger partial charge in [-0.25, -0.2) is 0 Å². The number of rotatable bonds is 5. The average molecular weight is 298 g/mol. The molecule has 1 unspecified atom stereocenters. The quantitative estimate of drug-likeness (QED) is 0.794. The van der Waals surface area contributed by atoms with Gasteiger partial charge in [0, 0.05) is 38.8 Å². The number of amides is 1. The Bertz CT molecular complexity index is 451. The van der Waals surface area contributed by atoms with Gasteiger partial charge in [0.2, 0.25) is 10.1 Å². The fourth-order valence-corrected chi connectivity index (χ4v) is 2.87. The van der Waals surface area contributed by atoms with Gasteiger partial charge in [-0.15, -0.1) is 10.2 Å². The van der Waals surface area contributed by atoms with Crippen molar-refractivity contribution in [1.29, 1.82) is 0 Å². The Morgan fingerprint density at radius 1 is 1.40 bits per heavy atom. The van der Waals surface area contributed by atoms with E-state index in [0.29, 0.717) is 22.7 Å². The predicted octanol–water partition coefficient (Wildman–Crippen LogP) is -0.0545. The number of hydrogen-bond acceptors (Lipinski definition) is 7. The predicted molar refractivity (Wildman–Crippen MR) is 80.3 cm³/mol. The second kappa shape index (κ2) is 6.96. The Labute approximate surface area is 123 Å². The highest BCUT2D eigenvalue weighted by molar-refractivity contribution is 7.17. The zero-order valence-electron chi connectivity index (χ0n) is 12.2. The summed E-state index contributed by atoms with van der Waals surface area (Å²) in [4.78, 5) is 16.6. The van der Waals surface area contributed by atoms with Crippen LogP contribution < -0.4 is 10.6 Å². The van der Waals surface area contributed by atoms with Crippen molar-refractivity contribution in [3.63, 3.8) is 0 Å². The van der Waals surface area contributed by atoms with Crippen LogP contribution in [0.3, 0.4) is 0 Å². The number of anilines is 1. The first kappa shape index (κ1) is 15.1. The van der Waals surface area contributed by atoms with Gasteiger partial charge in [0.15, 0.2) is 0 Å². The van der Waals surface area contributed by atoms with Crippen molar-refractivity contribution in [3.05, 3.63) is 5.01 Å². The Hall–Kier alpha value is -1.25. The molecule has 112 valence electrons. The van der Waals surface area contributed by atoms with Crippen LogP contribution in [0.5, 0.6) is 0 Å². The topological polar surface area (TPSA) is 73.4 Å². The van der Waals surface area contributed by atoms with Gasteiger partial charge in [-0.05, 0) is 21.0 Å². The number of likely N-dealkylation sites (N-methyl/N-ethyl adjacent to an activating group) is 2. The SMILES string of the molecule is CCNc1nnc(C(=O)NCC2CN(C)CCN2C)s1. The van der Waals surface area contributed by atoms with Crippen LogP contribution in [0.1, 0.15) is 16.7 Å². The van der Waals surface area contributed by atoms with Crippen molar-refractivity contribution >= 4 is 22.4 Å². The molecule has 20 heavy (non-hydrogen) atoms. The Kier molecular flexibility index (Phi) is 5.27. The monoisotopic (exact) mass is 298 g/mol. The molecule has 8 heteroatoms. The van der Waals surface area contributed by atoms with Crippen LogP contribution in [0.4, 0.5) is 5.13 Å². The molecule has 0 radical (unpaired) electrons. The zero-order valence-corrected chi connectivity index (χ0v) is 13.0. The van der Waals surface area contributed by atoms with E-state index in [-0.39, 0.29) is 5.91 Å². The van der Waals surface area contributed by atoms with Crippen molar-refractivity contribution in [2.24, 2.45) is 0 Å². The molecule has 1 atom stereocenters. The summed E-state index contributed by atoms with van der Waals surface area (Å²) >= 11 is 1.28. The summed E-state index contributed by atoms with van der Waals surface area (Å²) in [5.41, 5.74) is 0. The summed E-state index contributed by atoms with van der Waals surface area (Å²) < 4.78 is 0. The maximum atomic E-state index is 12.0. The van der Waals surface area contributed by atoms with Gasteiger partial charge in [-0.2, -0.15) is 0 Å². The molecule has 0 aromatic carbocycles. The third kappa shape index (κ3) is 3.87. The zero-order chi connectivity index (χ0) is 14.5. The van der Waals surface area contributed by atoms with Crippen molar-refractivity contribution in [3.8, 4) is 0 Å². The molecule has 1 amide bonds. The summed E-state index contributed by atoms with van der Waals surface area (Å²) in [6, 6.07) is 0.346. The van der Waals surface area contributed by atoms with E-state index in [4.69, 9.17) is 0 Å². The minimum Gasteiger partial charge on any atom is -0.360 e. The maximum absolute atomic E-state index is 12.0. The van der Waals surface area contributed by atoms with E-state index in [1.165, 1.54) is 11.3 Å². The number of carbonyl (C=O) groups is 1. The van der Waals surface area contributed by atoms with Gasteiger partial charge in [0.1, 0.15) is 0 Å². The summed E-state index contributed by atoms with van der Waals surface area (Å²) in [5, 5.41) is 14.9. The lowest BCUT2D eigenvalue weighted by Crippen LogP contribution is -2.54. The van der Waals surface area contributed by atoms with E-state index < -0.39 is 0 Å². The van der Waals surface area contributed by atoms with Crippen LogP contribution in [0.15, 0.2) is 0 Å². The highest BCUT2D eigenvalue weighted by Crippen LogP contribution is 2.14. The molecule has 1 fully saturated rings. The van der Waals surface area contributed by atoms with Crippen LogP contribution in [0.25, 0.3) is 0 Å². The number of nitrogens with zero attached hydrogens (tertiary/aromatic N) is 4. The molecule has 0 bridgehead atoms. The average Bonchev–Trinajstić information content (AvgIpc) is 2.88. The van der Waals surface area contributed by atoms with Crippen LogP contribution in [-0.4, -0.2) is 78.8 Å². The third-order valence-electron chi connectivity index (χ3n) is 3.43. The summed E-state index contributed by atoms with van der Waals surface area (Å²) in [5.74, 6) is -0.145. The van der Waals surface area contributed by atoms with Gasteiger partial charge < -0.3 is 15.5 Å². The van der Waals surface area contributed by atoms with Gasteiger partial charge in [0.25, 0.3) is 5.91 Å². The molecule has 1 aromatic heterocycles. The lowest BCUT2D eigenvalue weighted by Gasteiger charge is -2.37. The number of nitrogens with one attached hydrogen (secondary N) is 2. The third-order valence-corrected chi connectivity index (χ3v) is 4.31. The minimum absolute atomic E-state index is 0.145. The van der Waals surface area contributed by atoms with Crippen LogP contribution in [-0.2, 0) is 0 Å². The van der Waals surface area contributed by atoms with E-state index in [0.717, 1.165) is 26.2 Å². The molecule has 1 saturated heterocycles. The molecular weight excluding hydrogens is 276 g/mol. The maximum Gasteiger partial charge on any atom is 0.282 e. The van der Waals surface area contributed by atoms with E-state index in [1.807, 2.05) is 6.92 Å². The summed E-state index contributed by atoms with van der Waals surface area (Å²) in [6.07, 6.45) is 0.